The molecule has 4 aromatic rings. The lowest BCUT2D eigenvalue weighted by molar-refractivity contribution is 0.0964. The van der Waals surface area contributed by atoms with Crippen molar-refractivity contribution in [1.82, 2.24) is 20.3 Å². The van der Waals surface area contributed by atoms with Gasteiger partial charge in [0.2, 0.25) is 0 Å². The molecule has 162 valence electrons. The average Bonchev–Trinajstić information content (AvgIpc) is 2.81. The zero-order chi connectivity index (χ0) is 22.7. The molecule has 0 spiro atoms. The number of carbonyl (C=O) groups excluding carboxylic acids is 1. The van der Waals surface area contributed by atoms with Gasteiger partial charge in [0, 0.05) is 48.4 Å². The fourth-order valence-electron chi connectivity index (χ4n) is 3.81. The molecular formula is C25H26N6O. The lowest BCUT2D eigenvalue weighted by Crippen LogP contribution is -2.18. The smallest absolute Gasteiger partial charge is 0.251 e. The van der Waals surface area contributed by atoms with Crippen molar-refractivity contribution in [3.8, 4) is 11.3 Å². The normalized spacial score (nSPS) is 11.8. The standard InChI is InChI=1S/C25H26N6O/c1-15-7-8-20(21(26)11-15)22-12-23(31-14-30-22)29-13-16(2)17-5-4-6-18-19(25(32)27-3)9-10-28-24(17)18/h4-12,14,16H,13,26H2,1-3H3,(H,27,32)(H,29,30,31)/t16-/m1/s1. The first kappa shape index (κ1) is 21.2. The number of aryl methyl sites for hydroxylation is 1. The van der Waals surface area contributed by atoms with E-state index in [1.165, 1.54) is 6.33 Å². The Morgan fingerprint density at radius 1 is 1.09 bits per heavy atom. The molecule has 0 aliphatic heterocycles. The average molecular weight is 427 g/mol. The SMILES string of the molecule is CNC(=O)c1ccnc2c([C@H](C)CNc3cc(-c4ccc(C)cc4N)ncn3)cccc12. The van der Waals surface area contributed by atoms with Crippen molar-refractivity contribution in [1.29, 1.82) is 0 Å². The van der Waals surface area contributed by atoms with Gasteiger partial charge in [-0.25, -0.2) is 9.97 Å². The molecule has 2 heterocycles. The first-order chi connectivity index (χ1) is 15.5. The van der Waals surface area contributed by atoms with Gasteiger partial charge in [-0.1, -0.05) is 37.3 Å². The molecule has 2 aromatic carbocycles. The summed E-state index contributed by atoms with van der Waals surface area (Å²) in [7, 11) is 1.63. The highest BCUT2D eigenvalue weighted by atomic mass is 16.1. The van der Waals surface area contributed by atoms with E-state index in [0.29, 0.717) is 17.8 Å². The second kappa shape index (κ2) is 9.01. The molecule has 0 saturated carbocycles. The van der Waals surface area contributed by atoms with Crippen LogP contribution in [0.3, 0.4) is 0 Å². The second-order valence-electron chi connectivity index (χ2n) is 7.84. The maximum atomic E-state index is 12.2. The number of benzene rings is 2. The number of aromatic nitrogens is 3. The van der Waals surface area contributed by atoms with Crippen molar-refractivity contribution in [2.24, 2.45) is 0 Å². The molecule has 0 radical (unpaired) electrons. The monoisotopic (exact) mass is 426 g/mol. The van der Waals surface area contributed by atoms with E-state index in [2.05, 4.69) is 32.5 Å². The highest BCUT2D eigenvalue weighted by Gasteiger charge is 2.15. The maximum Gasteiger partial charge on any atom is 0.251 e. The Morgan fingerprint density at radius 3 is 2.72 bits per heavy atom. The first-order valence-electron chi connectivity index (χ1n) is 10.5. The van der Waals surface area contributed by atoms with Gasteiger partial charge in [-0.3, -0.25) is 9.78 Å². The van der Waals surface area contributed by atoms with Crippen LogP contribution in [0.15, 0.2) is 61.1 Å². The zero-order valence-corrected chi connectivity index (χ0v) is 18.4. The van der Waals surface area contributed by atoms with E-state index in [0.717, 1.165) is 39.1 Å². The number of nitrogens with one attached hydrogen (secondary N) is 2. The fraction of sp³-hybridized carbons (Fsp3) is 0.200. The Balaban J connectivity index is 1.56. The van der Waals surface area contributed by atoms with Crippen LogP contribution in [-0.4, -0.2) is 34.5 Å². The molecule has 1 amide bonds. The summed E-state index contributed by atoms with van der Waals surface area (Å²) in [6, 6.07) is 15.5. The highest BCUT2D eigenvalue weighted by Crippen LogP contribution is 2.28. The summed E-state index contributed by atoms with van der Waals surface area (Å²) in [4.78, 5) is 25.5. The van der Waals surface area contributed by atoms with E-state index in [1.807, 2.05) is 49.4 Å². The third-order valence-electron chi connectivity index (χ3n) is 5.54. The van der Waals surface area contributed by atoms with Crippen molar-refractivity contribution in [3.63, 3.8) is 0 Å². The summed E-state index contributed by atoms with van der Waals surface area (Å²) in [5, 5.41) is 6.93. The lowest BCUT2D eigenvalue weighted by Gasteiger charge is -2.16. The van der Waals surface area contributed by atoms with Gasteiger partial charge in [-0.05, 0) is 30.2 Å². The van der Waals surface area contributed by atoms with E-state index in [4.69, 9.17) is 5.73 Å². The predicted octanol–water partition coefficient (Wildman–Crippen LogP) is 4.16. The summed E-state index contributed by atoms with van der Waals surface area (Å²) >= 11 is 0. The van der Waals surface area contributed by atoms with Crippen LogP contribution in [0.25, 0.3) is 22.2 Å². The van der Waals surface area contributed by atoms with Crippen LogP contribution in [-0.2, 0) is 0 Å². The molecule has 7 nitrogen and oxygen atoms in total. The summed E-state index contributed by atoms with van der Waals surface area (Å²) in [5.41, 5.74) is 12.2. The molecule has 32 heavy (non-hydrogen) atoms. The van der Waals surface area contributed by atoms with Gasteiger partial charge < -0.3 is 16.4 Å². The molecule has 2 aromatic heterocycles. The minimum atomic E-state index is -0.121. The van der Waals surface area contributed by atoms with Crippen molar-refractivity contribution < 1.29 is 4.79 Å². The van der Waals surface area contributed by atoms with Crippen molar-refractivity contribution in [3.05, 3.63) is 77.7 Å². The molecule has 0 aliphatic rings. The predicted molar refractivity (Wildman–Crippen MR) is 129 cm³/mol. The van der Waals surface area contributed by atoms with Crippen molar-refractivity contribution >= 4 is 28.3 Å². The first-order valence-corrected chi connectivity index (χ1v) is 10.5. The third-order valence-corrected chi connectivity index (χ3v) is 5.54. The highest BCUT2D eigenvalue weighted by molar-refractivity contribution is 6.06. The van der Waals surface area contributed by atoms with Gasteiger partial charge >= 0.3 is 0 Å². The minimum Gasteiger partial charge on any atom is -0.398 e. The lowest BCUT2D eigenvalue weighted by atomic mass is 9.96. The molecule has 0 unspecified atom stereocenters. The van der Waals surface area contributed by atoms with Crippen LogP contribution >= 0.6 is 0 Å². The van der Waals surface area contributed by atoms with Crippen molar-refractivity contribution in [2.45, 2.75) is 19.8 Å². The van der Waals surface area contributed by atoms with Gasteiger partial charge in [0.05, 0.1) is 16.8 Å². The molecular weight excluding hydrogens is 400 g/mol. The molecule has 0 aliphatic carbocycles. The Labute approximate surface area is 187 Å². The van der Waals surface area contributed by atoms with E-state index in [9.17, 15) is 4.79 Å². The quantitative estimate of drug-likeness (QED) is 0.400. The van der Waals surface area contributed by atoms with Gasteiger partial charge in [-0.15, -0.1) is 0 Å². The van der Waals surface area contributed by atoms with Gasteiger partial charge in [0.1, 0.15) is 12.1 Å². The summed E-state index contributed by atoms with van der Waals surface area (Å²) < 4.78 is 0. The Hall–Kier alpha value is -4.00. The molecule has 1 atom stereocenters. The molecule has 0 fully saturated rings. The van der Waals surface area contributed by atoms with E-state index >= 15 is 0 Å². The molecule has 4 rings (SSSR count). The number of rotatable bonds is 6. The number of nitrogens with zero attached hydrogens (tertiary/aromatic N) is 3. The fourth-order valence-corrected chi connectivity index (χ4v) is 3.81. The molecule has 4 N–H and O–H groups in total. The molecule has 0 bridgehead atoms. The van der Waals surface area contributed by atoms with Gasteiger partial charge in [-0.2, -0.15) is 0 Å². The summed E-state index contributed by atoms with van der Waals surface area (Å²) in [6.45, 7) is 4.77. The number of nitrogen functional groups attached to an aromatic ring is 1. The van der Waals surface area contributed by atoms with Crippen LogP contribution in [0.1, 0.15) is 34.3 Å². The maximum absolute atomic E-state index is 12.2. The number of hydrogen-bond donors (Lipinski definition) is 3. The van der Waals surface area contributed by atoms with E-state index < -0.39 is 0 Å². The number of carbonyl (C=O) groups is 1. The summed E-state index contributed by atoms with van der Waals surface area (Å²) in [5.74, 6) is 0.735. The number of fused-ring (bicyclic) bond motifs is 1. The number of pyridine rings is 1. The van der Waals surface area contributed by atoms with Crippen LogP contribution in [0.5, 0.6) is 0 Å². The van der Waals surface area contributed by atoms with Gasteiger partial charge in [0.15, 0.2) is 0 Å². The van der Waals surface area contributed by atoms with Crippen molar-refractivity contribution in [2.75, 3.05) is 24.6 Å². The Morgan fingerprint density at radius 2 is 1.94 bits per heavy atom. The van der Waals surface area contributed by atoms with Crippen LogP contribution in [0.4, 0.5) is 11.5 Å². The Kier molecular flexibility index (Phi) is 5.98. The minimum absolute atomic E-state index is 0.121. The molecule has 0 saturated heterocycles. The van der Waals surface area contributed by atoms with Gasteiger partial charge in [0.25, 0.3) is 5.91 Å². The van der Waals surface area contributed by atoms with E-state index in [-0.39, 0.29) is 11.8 Å². The van der Waals surface area contributed by atoms with Crippen LogP contribution < -0.4 is 16.4 Å². The topological polar surface area (TPSA) is 106 Å². The largest absolute Gasteiger partial charge is 0.398 e. The number of anilines is 2. The number of hydrogen-bond acceptors (Lipinski definition) is 6. The zero-order valence-electron chi connectivity index (χ0n) is 18.4. The van der Waals surface area contributed by atoms with E-state index in [1.54, 1.807) is 19.3 Å². The third kappa shape index (κ3) is 4.23. The second-order valence-corrected chi connectivity index (χ2v) is 7.84. The molecule has 7 heteroatoms. The van der Waals surface area contributed by atoms with Crippen LogP contribution in [0, 0.1) is 6.92 Å². The number of nitrogens with two attached hydrogens (primary N) is 1. The van der Waals surface area contributed by atoms with Crippen LogP contribution in [0.2, 0.25) is 0 Å². The number of para-hydroxylation sites is 1. The Bertz CT molecular complexity index is 1290. The number of amides is 1. The summed E-state index contributed by atoms with van der Waals surface area (Å²) in [6.07, 6.45) is 3.22.